The first-order chi connectivity index (χ1) is 7.29. The number of halogens is 1. The van der Waals surface area contributed by atoms with Crippen LogP contribution in [0, 0.1) is 5.95 Å². The van der Waals surface area contributed by atoms with Gasteiger partial charge in [-0.2, -0.15) is 4.39 Å². The highest BCUT2D eigenvalue weighted by atomic mass is 19.1. The van der Waals surface area contributed by atoms with Crippen molar-refractivity contribution in [2.45, 2.75) is 0 Å². The van der Waals surface area contributed by atoms with Gasteiger partial charge in [0.25, 0.3) is 0 Å². The van der Waals surface area contributed by atoms with Crippen LogP contribution < -0.4 is 4.74 Å². The SMILES string of the molecule is COc1ccc(-c2cccc(F)n2)cn1. The number of ether oxygens (including phenoxy) is 1. The normalized spacial score (nSPS) is 10.0. The molecule has 0 atom stereocenters. The van der Waals surface area contributed by atoms with Crippen LogP contribution in [0.3, 0.4) is 0 Å². The third-order valence-electron chi connectivity index (χ3n) is 1.96. The minimum atomic E-state index is -0.497. The minimum absolute atomic E-state index is 0.497. The molecular formula is C11H9FN2O. The van der Waals surface area contributed by atoms with E-state index in [2.05, 4.69) is 9.97 Å². The lowest BCUT2D eigenvalue weighted by molar-refractivity contribution is 0.398. The van der Waals surface area contributed by atoms with Crippen molar-refractivity contribution < 1.29 is 9.13 Å². The van der Waals surface area contributed by atoms with Crippen molar-refractivity contribution in [1.82, 2.24) is 9.97 Å². The smallest absolute Gasteiger partial charge is 0.213 e. The molecule has 76 valence electrons. The van der Waals surface area contributed by atoms with Crippen LogP contribution in [0.15, 0.2) is 36.5 Å². The summed E-state index contributed by atoms with van der Waals surface area (Å²) < 4.78 is 17.8. The quantitative estimate of drug-likeness (QED) is 0.704. The van der Waals surface area contributed by atoms with Gasteiger partial charge in [-0.25, -0.2) is 9.97 Å². The van der Waals surface area contributed by atoms with E-state index in [4.69, 9.17) is 4.74 Å². The molecule has 2 aromatic rings. The van der Waals surface area contributed by atoms with E-state index in [1.54, 1.807) is 37.6 Å². The van der Waals surface area contributed by atoms with E-state index < -0.39 is 5.95 Å². The first-order valence-corrected chi connectivity index (χ1v) is 4.42. The van der Waals surface area contributed by atoms with Crippen molar-refractivity contribution in [2.24, 2.45) is 0 Å². The second-order valence-corrected chi connectivity index (χ2v) is 2.93. The van der Waals surface area contributed by atoms with Gasteiger partial charge in [0, 0.05) is 17.8 Å². The lowest BCUT2D eigenvalue weighted by atomic mass is 10.2. The largest absolute Gasteiger partial charge is 0.481 e. The maximum absolute atomic E-state index is 12.8. The van der Waals surface area contributed by atoms with Crippen molar-refractivity contribution in [3.8, 4) is 17.1 Å². The van der Waals surface area contributed by atoms with Crippen LogP contribution >= 0.6 is 0 Å². The van der Waals surface area contributed by atoms with Gasteiger partial charge in [0.2, 0.25) is 11.8 Å². The molecular weight excluding hydrogens is 195 g/mol. The summed E-state index contributed by atoms with van der Waals surface area (Å²) in [6.45, 7) is 0. The van der Waals surface area contributed by atoms with E-state index in [9.17, 15) is 4.39 Å². The van der Waals surface area contributed by atoms with E-state index in [0.717, 1.165) is 5.56 Å². The number of hydrogen-bond donors (Lipinski definition) is 0. The lowest BCUT2D eigenvalue weighted by Crippen LogP contribution is -1.90. The predicted octanol–water partition coefficient (Wildman–Crippen LogP) is 2.29. The third-order valence-corrected chi connectivity index (χ3v) is 1.96. The predicted molar refractivity (Wildman–Crippen MR) is 54.0 cm³/mol. The monoisotopic (exact) mass is 204 g/mol. The molecule has 0 unspecified atom stereocenters. The van der Waals surface area contributed by atoms with Gasteiger partial charge in [-0.05, 0) is 18.2 Å². The summed E-state index contributed by atoms with van der Waals surface area (Å²) in [7, 11) is 1.54. The molecule has 0 fully saturated rings. The van der Waals surface area contributed by atoms with Crippen LogP contribution in [0.5, 0.6) is 5.88 Å². The number of rotatable bonds is 2. The Morgan fingerprint density at radius 2 is 2.07 bits per heavy atom. The zero-order valence-electron chi connectivity index (χ0n) is 8.14. The summed E-state index contributed by atoms with van der Waals surface area (Å²) in [5.74, 6) is 0.0264. The Morgan fingerprint density at radius 1 is 1.20 bits per heavy atom. The topological polar surface area (TPSA) is 35.0 Å². The average Bonchev–Trinajstić information content (AvgIpc) is 2.29. The Bertz CT molecular complexity index is 456. The molecule has 0 aliphatic carbocycles. The molecule has 0 aliphatic rings. The number of methoxy groups -OCH3 is 1. The summed E-state index contributed by atoms with van der Waals surface area (Å²) in [6, 6.07) is 8.14. The summed E-state index contributed by atoms with van der Waals surface area (Å²) in [5, 5.41) is 0. The number of nitrogens with zero attached hydrogens (tertiary/aromatic N) is 2. The highest BCUT2D eigenvalue weighted by Crippen LogP contribution is 2.17. The van der Waals surface area contributed by atoms with E-state index in [1.165, 1.54) is 6.07 Å². The maximum atomic E-state index is 12.8. The molecule has 0 saturated carbocycles. The van der Waals surface area contributed by atoms with Crippen molar-refractivity contribution in [3.05, 3.63) is 42.5 Å². The molecule has 2 heterocycles. The van der Waals surface area contributed by atoms with Crippen molar-refractivity contribution >= 4 is 0 Å². The molecule has 2 aromatic heterocycles. The molecule has 0 N–H and O–H groups in total. The maximum Gasteiger partial charge on any atom is 0.213 e. The summed E-state index contributed by atoms with van der Waals surface area (Å²) in [4.78, 5) is 7.77. The highest BCUT2D eigenvalue weighted by molar-refractivity contribution is 5.57. The lowest BCUT2D eigenvalue weighted by Gasteiger charge is -2.01. The first-order valence-electron chi connectivity index (χ1n) is 4.42. The van der Waals surface area contributed by atoms with Crippen molar-refractivity contribution in [3.63, 3.8) is 0 Å². The number of aromatic nitrogens is 2. The fourth-order valence-corrected chi connectivity index (χ4v) is 1.22. The standard InChI is InChI=1S/C11H9FN2O/c1-15-11-6-5-8(7-13-11)9-3-2-4-10(12)14-9/h2-7H,1H3. The minimum Gasteiger partial charge on any atom is -0.481 e. The second-order valence-electron chi connectivity index (χ2n) is 2.93. The van der Waals surface area contributed by atoms with Gasteiger partial charge in [0.15, 0.2) is 0 Å². The molecule has 3 nitrogen and oxygen atoms in total. The summed E-state index contributed by atoms with van der Waals surface area (Å²) >= 11 is 0. The van der Waals surface area contributed by atoms with Gasteiger partial charge in [-0.15, -0.1) is 0 Å². The Labute approximate surface area is 86.6 Å². The summed E-state index contributed by atoms with van der Waals surface area (Å²) in [5.41, 5.74) is 1.32. The molecule has 15 heavy (non-hydrogen) atoms. The number of hydrogen-bond acceptors (Lipinski definition) is 3. The Balaban J connectivity index is 2.37. The Hall–Kier alpha value is -1.97. The molecule has 0 aromatic carbocycles. The van der Waals surface area contributed by atoms with E-state index in [-0.39, 0.29) is 0 Å². The molecule has 0 radical (unpaired) electrons. The Kier molecular flexibility index (Phi) is 2.58. The van der Waals surface area contributed by atoms with Crippen LogP contribution in [-0.4, -0.2) is 17.1 Å². The number of pyridine rings is 2. The van der Waals surface area contributed by atoms with E-state index in [0.29, 0.717) is 11.6 Å². The van der Waals surface area contributed by atoms with Gasteiger partial charge in [-0.3, -0.25) is 0 Å². The third kappa shape index (κ3) is 2.10. The Morgan fingerprint density at radius 3 is 2.67 bits per heavy atom. The molecule has 0 amide bonds. The first kappa shape index (κ1) is 9.58. The van der Waals surface area contributed by atoms with Crippen LogP contribution in [0.1, 0.15) is 0 Å². The fraction of sp³-hybridized carbons (Fsp3) is 0.0909. The van der Waals surface area contributed by atoms with Crippen LogP contribution in [-0.2, 0) is 0 Å². The fourth-order valence-electron chi connectivity index (χ4n) is 1.22. The summed E-state index contributed by atoms with van der Waals surface area (Å²) in [6.07, 6.45) is 1.60. The van der Waals surface area contributed by atoms with Gasteiger partial charge >= 0.3 is 0 Å². The zero-order chi connectivity index (χ0) is 10.7. The highest BCUT2D eigenvalue weighted by Gasteiger charge is 2.01. The van der Waals surface area contributed by atoms with Crippen molar-refractivity contribution in [1.29, 1.82) is 0 Å². The van der Waals surface area contributed by atoms with Gasteiger partial charge in [0.05, 0.1) is 12.8 Å². The molecule has 0 bridgehead atoms. The average molecular weight is 204 g/mol. The van der Waals surface area contributed by atoms with Gasteiger partial charge in [-0.1, -0.05) is 6.07 Å². The van der Waals surface area contributed by atoms with E-state index >= 15 is 0 Å². The van der Waals surface area contributed by atoms with Crippen LogP contribution in [0.4, 0.5) is 4.39 Å². The molecule has 0 saturated heterocycles. The van der Waals surface area contributed by atoms with Gasteiger partial charge < -0.3 is 4.74 Å². The van der Waals surface area contributed by atoms with Gasteiger partial charge in [0.1, 0.15) is 0 Å². The van der Waals surface area contributed by atoms with Crippen LogP contribution in [0.2, 0.25) is 0 Å². The van der Waals surface area contributed by atoms with Crippen molar-refractivity contribution in [2.75, 3.05) is 7.11 Å². The molecule has 2 rings (SSSR count). The molecule has 4 heteroatoms. The van der Waals surface area contributed by atoms with E-state index in [1.807, 2.05) is 0 Å². The molecule has 0 aliphatic heterocycles. The second kappa shape index (κ2) is 4.04. The van der Waals surface area contributed by atoms with Crippen LogP contribution in [0.25, 0.3) is 11.3 Å². The molecule has 0 spiro atoms. The zero-order valence-corrected chi connectivity index (χ0v) is 8.14.